The molecule has 1 aromatic heterocycles. The van der Waals surface area contributed by atoms with Crippen LogP contribution in [0.25, 0.3) is 0 Å². The van der Waals surface area contributed by atoms with Gasteiger partial charge in [0, 0.05) is 22.6 Å². The van der Waals surface area contributed by atoms with E-state index in [-0.39, 0.29) is 28.0 Å². The van der Waals surface area contributed by atoms with Crippen molar-refractivity contribution in [2.45, 2.75) is 22.1 Å². The summed E-state index contributed by atoms with van der Waals surface area (Å²) >= 11 is 1.34. The Kier molecular flexibility index (Phi) is 5.06. The molecule has 0 fully saturated rings. The van der Waals surface area contributed by atoms with E-state index in [4.69, 9.17) is 9.47 Å². The highest BCUT2D eigenvalue weighted by Gasteiger charge is 2.34. The molecule has 0 unspecified atom stereocenters. The zero-order valence-corrected chi connectivity index (χ0v) is 17.5. The lowest BCUT2D eigenvalue weighted by atomic mass is 9.90. The average molecular weight is 430 g/mol. The lowest BCUT2D eigenvalue weighted by Crippen LogP contribution is -2.23. The number of rotatable bonds is 5. The molecule has 0 saturated carbocycles. The van der Waals surface area contributed by atoms with E-state index in [0.29, 0.717) is 17.2 Å². The molecule has 29 heavy (non-hydrogen) atoms. The number of benzene rings is 2. The molecule has 0 bridgehead atoms. The van der Waals surface area contributed by atoms with E-state index in [9.17, 15) is 13.2 Å². The van der Waals surface area contributed by atoms with Gasteiger partial charge in [-0.15, -0.1) is 11.3 Å². The first kappa shape index (κ1) is 19.5. The van der Waals surface area contributed by atoms with Crippen LogP contribution in [0.3, 0.4) is 0 Å². The van der Waals surface area contributed by atoms with Gasteiger partial charge in [0.15, 0.2) is 11.5 Å². The molecule has 2 aromatic carbocycles. The number of sulfone groups is 1. The van der Waals surface area contributed by atoms with E-state index in [1.807, 2.05) is 12.1 Å². The molecule has 6 nitrogen and oxygen atoms in total. The molecule has 3 aromatic rings. The smallest absolute Gasteiger partial charge is 0.225 e. The minimum absolute atomic E-state index is 0.127. The van der Waals surface area contributed by atoms with Crippen molar-refractivity contribution in [2.24, 2.45) is 0 Å². The molecule has 0 spiro atoms. The van der Waals surface area contributed by atoms with Crippen LogP contribution in [0.5, 0.6) is 11.5 Å². The van der Waals surface area contributed by atoms with E-state index in [2.05, 4.69) is 5.32 Å². The Morgan fingerprint density at radius 2 is 1.76 bits per heavy atom. The van der Waals surface area contributed by atoms with Crippen molar-refractivity contribution in [1.82, 2.24) is 0 Å². The third-order valence-electron chi connectivity index (χ3n) is 4.91. The highest BCUT2D eigenvalue weighted by molar-refractivity contribution is 7.91. The summed E-state index contributed by atoms with van der Waals surface area (Å²) in [4.78, 5) is 13.6. The van der Waals surface area contributed by atoms with Crippen LogP contribution in [0.2, 0.25) is 0 Å². The second-order valence-electron chi connectivity index (χ2n) is 6.58. The molecule has 150 valence electrons. The standard InChI is InChI=1S/C21H19NO5S2/c1-26-16-9-8-13(10-17(16)27-2)15-11-19(23)22-20-18(12-28-21(15)20)29(24,25)14-6-4-3-5-7-14/h3-10,12,15H,11H2,1-2H3,(H,22,23)/t15-/m0/s1. The minimum atomic E-state index is -3.74. The number of carbonyl (C=O) groups excluding carboxylic acids is 1. The van der Waals surface area contributed by atoms with Crippen LogP contribution in [-0.2, 0) is 14.6 Å². The SMILES string of the molecule is COc1ccc([C@@H]2CC(=O)Nc3c(S(=O)(=O)c4ccccc4)csc32)cc1OC. The van der Waals surface area contributed by atoms with Crippen LogP contribution in [0.15, 0.2) is 63.7 Å². The summed E-state index contributed by atoms with van der Waals surface area (Å²) in [6, 6.07) is 13.7. The Balaban J connectivity index is 1.81. The van der Waals surface area contributed by atoms with Crippen LogP contribution in [0, 0.1) is 0 Å². The number of fused-ring (bicyclic) bond motifs is 1. The third-order valence-corrected chi connectivity index (χ3v) is 7.95. The first-order valence-corrected chi connectivity index (χ1v) is 11.2. The molecule has 1 atom stereocenters. The molecular weight excluding hydrogens is 410 g/mol. The quantitative estimate of drug-likeness (QED) is 0.661. The average Bonchev–Trinajstić information content (AvgIpc) is 3.17. The normalized spacial score (nSPS) is 16.1. The number of hydrogen-bond acceptors (Lipinski definition) is 6. The summed E-state index contributed by atoms with van der Waals surface area (Å²) in [5.74, 6) is 0.671. The maximum absolute atomic E-state index is 13.1. The Morgan fingerprint density at radius 3 is 2.45 bits per heavy atom. The van der Waals surface area contributed by atoms with E-state index >= 15 is 0 Å². The van der Waals surface area contributed by atoms with Crippen molar-refractivity contribution in [1.29, 1.82) is 0 Å². The maximum atomic E-state index is 13.1. The van der Waals surface area contributed by atoms with Crippen molar-refractivity contribution >= 4 is 32.8 Å². The number of hydrogen-bond donors (Lipinski definition) is 1. The zero-order valence-electron chi connectivity index (χ0n) is 15.8. The van der Waals surface area contributed by atoms with Crippen LogP contribution in [0.4, 0.5) is 5.69 Å². The largest absolute Gasteiger partial charge is 0.493 e. The summed E-state index contributed by atoms with van der Waals surface area (Å²) in [5.41, 5.74) is 1.24. The highest BCUT2D eigenvalue weighted by Crippen LogP contribution is 2.46. The van der Waals surface area contributed by atoms with Gasteiger partial charge >= 0.3 is 0 Å². The van der Waals surface area contributed by atoms with Gasteiger partial charge in [0.25, 0.3) is 0 Å². The number of ether oxygens (including phenoxy) is 2. The topological polar surface area (TPSA) is 81.7 Å². The van der Waals surface area contributed by atoms with Gasteiger partial charge in [0.2, 0.25) is 15.7 Å². The monoisotopic (exact) mass is 429 g/mol. The Bertz CT molecular complexity index is 1170. The molecular formula is C21H19NO5S2. The summed E-state index contributed by atoms with van der Waals surface area (Å²) in [6.07, 6.45) is 0.230. The molecule has 2 heterocycles. The zero-order chi connectivity index (χ0) is 20.6. The predicted molar refractivity (Wildman–Crippen MR) is 111 cm³/mol. The number of anilines is 1. The molecule has 0 aliphatic carbocycles. The fraction of sp³-hybridized carbons (Fsp3) is 0.190. The second-order valence-corrected chi connectivity index (χ2v) is 9.40. The summed E-state index contributed by atoms with van der Waals surface area (Å²) in [7, 11) is -0.628. The van der Waals surface area contributed by atoms with E-state index in [0.717, 1.165) is 10.4 Å². The van der Waals surface area contributed by atoms with Gasteiger partial charge in [-0.1, -0.05) is 24.3 Å². The van der Waals surface area contributed by atoms with Crippen molar-refractivity contribution < 1.29 is 22.7 Å². The van der Waals surface area contributed by atoms with Gasteiger partial charge in [0.1, 0.15) is 4.90 Å². The van der Waals surface area contributed by atoms with Gasteiger partial charge in [-0.25, -0.2) is 8.42 Å². The van der Waals surface area contributed by atoms with Crippen LogP contribution >= 0.6 is 11.3 Å². The second kappa shape index (κ2) is 7.53. The molecule has 0 saturated heterocycles. The molecule has 1 amide bonds. The van der Waals surface area contributed by atoms with Crippen molar-refractivity contribution in [3.05, 3.63) is 64.4 Å². The van der Waals surface area contributed by atoms with Crippen molar-refractivity contribution in [2.75, 3.05) is 19.5 Å². The summed E-state index contributed by atoms with van der Waals surface area (Å²) in [5, 5.41) is 4.38. The van der Waals surface area contributed by atoms with Gasteiger partial charge < -0.3 is 14.8 Å². The van der Waals surface area contributed by atoms with E-state index in [1.54, 1.807) is 56.0 Å². The van der Waals surface area contributed by atoms with Crippen LogP contribution in [0.1, 0.15) is 22.8 Å². The fourth-order valence-corrected chi connectivity index (χ4v) is 6.40. The first-order valence-electron chi connectivity index (χ1n) is 8.89. The Hall–Kier alpha value is -2.84. The fourth-order valence-electron chi connectivity index (χ4n) is 3.47. The van der Waals surface area contributed by atoms with Crippen molar-refractivity contribution in [3.8, 4) is 11.5 Å². The molecule has 1 aliphatic heterocycles. The molecule has 1 N–H and O–H groups in total. The van der Waals surface area contributed by atoms with E-state index < -0.39 is 9.84 Å². The summed E-state index contributed by atoms with van der Waals surface area (Å²) < 4.78 is 36.9. The lowest BCUT2D eigenvalue weighted by Gasteiger charge is -2.24. The number of nitrogens with one attached hydrogen (secondary N) is 1. The van der Waals surface area contributed by atoms with Gasteiger partial charge in [0.05, 0.1) is 24.8 Å². The first-order chi connectivity index (χ1) is 14.0. The van der Waals surface area contributed by atoms with Crippen molar-refractivity contribution in [3.63, 3.8) is 0 Å². The maximum Gasteiger partial charge on any atom is 0.225 e. The van der Waals surface area contributed by atoms with E-state index in [1.165, 1.54) is 11.3 Å². The number of methoxy groups -OCH3 is 2. The Morgan fingerprint density at radius 1 is 1.03 bits per heavy atom. The van der Waals surface area contributed by atoms with Gasteiger partial charge in [-0.05, 0) is 29.8 Å². The number of thiophene rings is 1. The number of amides is 1. The van der Waals surface area contributed by atoms with Gasteiger partial charge in [-0.2, -0.15) is 0 Å². The minimum Gasteiger partial charge on any atom is -0.493 e. The van der Waals surface area contributed by atoms with Crippen LogP contribution < -0.4 is 14.8 Å². The number of carbonyl (C=O) groups is 1. The molecule has 1 aliphatic rings. The van der Waals surface area contributed by atoms with Crippen LogP contribution in [-0.4, -0.2) is 28.5 Å². The summed E-state index contributed by atoms with van der Waals surface area (Å²) in [6.45, 7) is 0. The molecule has 0 radical (unpaired) electrons. The molecule has 8 heteroatoms. The Labute approximate surface area is 173 Å². The predicted octanol–water partition coefficient (Wildman–Crippen LogP) is 4.07. The molecule has 4 rings (SSSR count). The highest BCUT2D eigenvalue weighted by atomic mass is 32.2. The third kappa shape index (κ3) is 3.38. The lowest BCUT2D eigenvalue weighted by molar-refractivity contribution is -0.116. The van der Waals surface area contributed by atoms with Gasteiger partial charge in [-0.3, -0.25) is 4.79 Å².